The number of aryl methyl sites for hydroxylation is 1. The van der Waals surface area contributed by atoms with E-state index in [0.29, 0.717) is 21.9 Å². The summed E-state index contributed by atoms with van der Waals surface area (Å²) in [6, 6.07) is 14.3. The van der Waals surface area contributed by atoms with Gasteiger partial charge in [-0.05, 0) is 80.9 Å². The van der Waals surface area contributed by atoms with Gasteiger partial charge in [-0.2, -0.15) is 0 Å². The van der Waals surface area contributed by atoms with Crippen LogP contribution in [0.25, 0.3) is 0 Å². The minimum absolute atomic E-state index is 0.0707. The van der Waals surface area contributed by atoms with Gasteiger partial charge in [0.05, 0.1) is 28.5 Å². The smallest absolute Gasteiger partial charge is 0.226 e. The third-order valence-corrected chi connectivity index (χ3v) is 7.49. The van der Waals surface area contributed by atoms with Gasteiger partial charge in [0.1, 0.15) is 0 Å². The predicted octanol–water partition coefficient (Wildman–Crippen LogP) is 6.26. The summed E-state index contributed by atoms with van der Waals surface area (Å²) < 4.78 is 2.46. The van der Waals surface area contributed by atoms with E-state index in [1.54, 1.807) is 0 Å². The van der Waals surface area contributed by atoms with Crippen LogP contribution in [0.15, 0.2) is 48.7 Å². The molecular weight excluding hydrogens is 478 g/mol. The Labute approximate surface area is 216 Å². The van der Waals surface area contributed by atoms with Crippen LogP contribution >= 0.6 is 23.8 Å². The van der Waals surface area contributed by atoms with Crippen LogP contribution in [-0.4, -0.2) is 20.6 Å². The van der Waals surface area contributed by atoms with E-state index >= 15 is 0 Å². The van der Waals surface area contributed by atoms with E-state index in [0.717, 1.165) is 11.4 Å². The lowest BCUT2D eigenvalue weighted by Gasteiger charge is -2.28. The fourth-order valence-corrected chi connectivity index (χ4v) is 5.55. The molecule has 2 fully saturated rings. The molecule has 2 N–H and O–H groups in total. The highest BCUT2D eigenvalue weighted by molar-refractivity contribution is 7.80. The summed E-state index contributed by atoms with van der Waals surface area (Å²) in [6.45, 7) is 8.09. The van der Waals surface area contributed by atoms with Crippen LogP contribution in [0.3, 0.4) is 0 Å². The van der Waals surface area contributed by atoms with Crippen LogP contribution in [-0.2, 0) is 4.79 Å². The fourth-order valence-electron chi connectivity index (χ4n) is 4.98. The average Bonchev–Trinajstić information content (AvgIpc) is 3.54. The van der Waals surface area contributed by atoms with E-state index in [4.69, 9.17) is 23.8 Å². The lowest BCUT2D eigenvalue weighted by atomic mass is 9.96. The van der Waals surface area contributed by atoms with E-state index in [1.165, 1.54) is 29.8 Å². The molecule has 0 radical (unpaired) electrons. The lowest BCUT2D eigenvalue weighted by Crippen LogP contribution is -2.29. The first-order chi connectivity index (χ1) is 16.8. The summed E-state index contributed by atoms with van der Waals surface area (Å²) in [5, 5.41) is 7.52. The van der Waals surface area contributed by atoms with Crippen LogP contribution in [0.5, 0.6) is 0 Å². The van der Waals surface area contributed by atoms with Gasteiger partial charge < -0.3 is 20.1 Å². The van der Waals surface area contributed by atoms with Gasteiger partial charge in [0, 0.05) is 35.2 Å². The highest BCUT2D eigenvalue weighted by Crippen LogP contribution is 2.46. The number of carbonyl (C=O) groups excluding carboxylic acids is 1. The minimum Gasteiger partial charge on any atom is -0.351 e. The number of thiocarbonyl (C=S) groups is 1. The molecule has 2 atom stereocenters. The van der Waals surface area contributed by atoms with Crippen molar-refractivity contribution in [2.45, 2.75) is 58.7 Å². The van der Waals surface area contributed by atoms with Crippen LogP contribution < -0.4 is 15.5 Å². The fraction of sp³-hybridized carbons (Fsp3) is 0.370. The number of halogens is 1. The molecule has 1 saturated carbocycles. The number of carbonyl (C=O) groups is 1. The normalized spacial score (nSPS) is 19.8. The Morgan fingerprint density at radius 3 is 2.60 bits per heavy atom. The van der Waals surface area contributed by atoms with Gasteiger partial charge in [-0.1, -0.05) is 31.5 Å². The second-order valence-electron chi connectivity index (χ2n) is 9.73. The zero-order valence-corrected chi connectivity index (χ0v) is 22.0. The molecule has 3 heterocycles. The second-order valence-corrected chi connectivity index (χ2v) is 10.5. The summed E-state index contributed by atoms with van der Waals surface area (Å²) in [6.07, 6.45) is 4.27. The molecule has 1 aliphatic carbocycles. The molecule has 182 valence electrons. The van der Waals surface area contributed by atoms with Crippen LogP contribution in [0.2, 0.25) is 5.02 Å². The molecule has 0 spiro atoms. The number of aromatic nitrogens is 2. The summed E-state index contributed by atoms with van der Waals surface area (Å²) in [4.78, 5) is 19.0. The van der Waals surface area contributed by atoms with Crippen molar-refractivity contribution in [2.24, 2.45) is 5.92 Å². The van der Waals surface area contributed by atoms with Crippen molar-refractivity contribution >= 4 is 46.2 Å². The maximum atomic E-state index is 12.2. The molecule has 2 aromatic heterocycles. The number of nitrogens with zero attached hydrogens (tertiary/aromatic N) is 3. The van der Waals surface area contributed by atoms with Crippen molar-refractivity contribution in [1.29, 1.82) is 0 Å². The number of hydrogen-bond donors (Lipinski definition) is 2. The summed E-state index contributed by atoms with van der Waals surface area (Å²) >= 11 is 12.5. The van der Waals surface area contributed by atoms with E-state index in [9.17, 15) is 4.79 Å². The first-order valence-electron chi connectivity index (χ1n) is 12.1. The van der Waals surface area contributed by atoms with Gasteiger partial charge >= 0.3 is 0 Å². The van der Waals surface area contributed by atoms with Crippen molar-refractivity contribution in [1.82, 2.24) is 14.9 Å². The van der Waals surface area contributed by atoms with E-state index in [2.05, 4.69) is 45.0 Å². The zero-order valence-electron chi connectivity index (χ0n) is 20.4. The predicted molar refractivity (Wildman–Crippen MR) is 145 cm³/mol. The quantitative estimate of drug-likeness (QED) is 0.385. The Morgan fingerprint density at radius 2 is 1.97 bits per heavy atom. The molecule has 1 amide bonds. The Morgan fingerprint density at radius 1 is 1.20 bits per heavy atom. The molecule has 1 aromatic carbocycles. The largest absolute Gasteiger partial charge is 0.351 e. The summed E-state index contributed by atoms with van der Waals surface area (Å²) in [5.74, 6) is -0.204. The maximum Gasteiger partial charge on any atom is 0.226 e. The second kappa shape index (κ2) is 9.28. The number of rotatable bonds is 6. The minimum atomic E-state index is -0.133. The lowest BCUT2D eigenvalue weighted by molar-refractivity contribution is -0.118. The maximum absolute atomic E-state index is 12.2. The van der Waals surface area contributed by atoms with Crippen molar-refractivity contribution in [3.8, 4) is 0 Å². The summed E-state index contributed by atoms with van der Waals surface area (Å²) in [7, 11) is 0. The molecular formula is C27H30ClN5OS. The topological polar surface area (TPSA) is 62.2 Å². The summed E-state index contributed by atoms with van der Waals surface area (Å²) in [5.41, 5.74) is 6.16. The molecule has 5 rings (SSSR count). The Balaban J connectivity index is 1.58. The standard InChI is InChI=1S/C27H30ClN5OS/c1-15(2)26(34)30-22-11-10-19(14-21(22)28)33-25(20-13-16(3)32(17(20)4)18-8-9-18)24(31-27(33)35)23-7-5-6-12-29-23/h5-7,10-15,18,24-25H,8-9H2,1-4H3,(H,30,34)(H,31,35)/t24-,25+/m1/s1. The van der Waals surface area contributed by atoms with Crippen LogP contribution in [0, 0.1) is 19.8 Å². The van der Waals surface area contributed by atoms with Gasteiger partial charge in [-0.3, -0.25) is 9.78 Å². The van der Waals surface area contributed by atoms with Crippen LogP contribution in [0.4, 0.5) is 11.4 Å². The first kappa shape index (κ1) is 23.8. The van der Waals surface area contributed by atoms with Crippen molar-refractivity contribution in [3.63, 3.8) is 0 Å². The van der Waals surface area contributed by atoms with Gasteiger partial charge in [0.15, 0.2) is 5.11 Å². The number of pyridine rings is 1. The SMILES string of the molecule is Cc1cc([C@H]2[C@@H](c3ccccn3)NC(=S)N2c2ccc(NC(=O)C(C)C)c(Cl)c2)c(C)n1C1CC1. The molecule has 0 bridgehead atoms. The molecule has 6 nitrogen and oxygen atoms in total. The van der Waals surface area contributed by atoms with E-state index in [-0.39, 0.29) is 23.9 Å². The number of nitrogens with one attached hydrogen (secondary N) is 2. The van der Waals surface area contributed by atoms with Gasteiger partial charge in [-0.15, -0.1) is 0 Å². The number of hydrogen-bond acceptors (Lipinski definition) is 3. The molecule has 1 aliphatic heterocycles. The first-order valence-corrected chi connectivity index (χ1v) is 12.8. The average molecular weight is 508 g/mol. The molecule has 8 heteroatoms. The Hall–Kier alpha value is -2.90. The highest BCUT2D eigenvalue weighted by Gasteiger charge is 2.43. The van der Waals surface area contributed by atoms with Crippen molar-refractivity contribution in [2.75, 3.05) is 10.2 Å². The Kier molecular flexibility index (Phi) is 6.32. The van der Waals surface area contributed by atoms with Crippen molar-refractivity contribution in [3.05, 3.63) is 76.3 Å². The number of benzene rings is 1. The monoisotopic (exact) mass is 507 g/mol. The van der Waals surface area contributed by atoms with Gasteiger partial charge in [0.25, 0.3) is 0 Å². The van der Waals surface area contributed by atoms with Gasteiger partial charge in [0.2, 0.25) is 5.91 Å². The van der Waals surface area contributed by atoms with Crippen LogP contribution in [0.1, 0.15) is 67.5 Å². The molecule has 1 saturated heterocycles. The molecule has 2 aliphatic rings. The van der Waals surface area contributed by atoms with E-state index in [1.807, 2.05) is 56.4 Å². The zero-order chi connectivity index (χ0) is 24.9. The van der Waals surface area contributed by atoms with Crippen molar-refractivity contribution < 1.29 is 4.79 Å². The molecule has 35 heavy (non-hydrogen) atoms. The highest BCUT2D eigenvalue weighted by atomic mass is 35.5. The number of amides is 1. The third kappa shape index (κ3) is 4.43. The Bertz CT molecular complexity index is 1280. The van der Waals surface area contributed by atoms with Gasteiger partial charge in [-0.25, -0.2) is 0 Å². The van der Waals surface area contributed by atoms with E-state index < -0.39 is 0 Å². The molecule has 0 unspecified atom stereocenters. The third-order valence-electron chi connectivity index (χ3n) is 6.87. The number of anilines is 2. The molecule has 3 aromatic rings.